The number of nitrogens with one attached hydrogen (secondary N) is 1. The minimum atomic E-state index is -1.81. The number of ether oxygens (including phenoxy) is 1. The van der Waals surface area contributed by atoms with Crippen molar-refractivity contribution in [3.8, 4) is 5.69 Å². The number of anilines is 3. The van der Waals surface area contributed by atoms with E-state index in [1.54, 1.807) is 59.7 Å². The highest BCUT2D eigenvalue weighted by Gasteiger charge is 2.51. The second kappa shape index (κ2) is 8.74. The van der Waals surface area contributed by atoms with Crippen molar-refractivity contribution >= 4 is 40.0 Å². The number of carbonyl (C=O) groups is 2. The molecule has 1 aromatic carbocycles. The highest BCUT2D eigenvalue weighted by molar-refractivity contribution is 6.06. The number of aliphatic hydroxyl groups excluding tert-OH is 1. The smallest absolute Gasteiger partial charge is 0.263 e. The van der Waals surface area contributed by atoms with Crippen molar-refractivity contribution in [2.45, 2.75) is 18.6 Å². The number of rotatable bonds is 5. The molecule has 5 rings (SSSR count). The van der Waals surface area contributed by atoms with E-state index in [1.165, 1.54) is 18.2 Å². The number of fused-ring (bicyclic) bond motifs is 1. The van der Waals surface area contributed by atoms with Gasteiger partial charge in [-0.15, -0.1) is 5.10 Å². The van der Waals surface area contributed by atoms with E-state index in [0.29, 0.717) is 28.2 Å². The molecule has 2 atom stereocenters. The number of morpholine rings is 1. The van der Waals surface area contributed by atoms with Crippen molar-refractivity contribution in [2.75, 3.05) is 29.1 Å². The molecule has 178 valence electrons. The quantitative estimate of drug-likeness (QED) is 0.382. The molecule has 1 aliphatic heterocycles. The molecule has 4 heterocycles. The van der Waals surface area contributed by atoms with Crippen LogP contribution in [0, 0.1) is 0 Å². The number of aliphatic hydroxyl groups is 1. The summed E-state index contributed by atoms with van der Waals surface area (Å²) in [5.74, 6) is -0.689. The monoisotopic (exact) mass is 474 g/mol. The normalized spacial score (nSPS) is 19.0. The molecule has 0 saturated carbocycles. The van der Waals surface area contributed by atoms with Crippen LogP contribution in [0.15, 0.2) is 61.3 Å². The lowest BCUT2D eigenvalue weighted by atomic mass is 9.94. The molecular weight excluding hydrogens is 452 g/mol. The van der Waals surface area contributed by atoms with Crippen molar-refractivity contribution in [2.24, 2.45) is 0 Å². The zero-order valence-electron chi connectivity index (χ0n) is 18.7. The fourth-order valence-corrected chi connectivity index (χ4v) is 3.91. The van der Waals surface area contributed by atoms with Gasteiger partial charge in [0.05, 0.1) is 24.4 Å². The fourth-order valence-electron chi connectivity index (χ4n) is 3.91. The molecule has 0 aliphatic carbocycles. The molecule has 0 spiro atoms. The third-order valence-corrected chi connectivity index (χ3v) is 5.87. The third-order valence-electron chi connectivity index (χ3n) is 5.87. The maximum absolute atomic E-state index is 13.4. The fraction of sp³-hybridized carbons (Fsp3) is 0.217. The first-order valence-electron chi connectivity index (χ1n) is 10.8. The van der Waals surface area contributed by atoms with Crippen molar-refractivity contribution in [1.82, 2.24) is 24.7 Å². The van der Waals surface area contributed by atoms with Crippen molar-refractivity contribution in [3.05, 3.63) is 61.3 Å². The predicted molar refractivity (Wildman–Crippen MR) is 127 cm³/mol. The number of amides is 2. The van der Waals surface area contributed by atoms with Crippen LogP contribution in [0.2, 0.25) is 0 Å². The van der Waals surface area contributed by atoms with E-state index in [-0.39, 0.29) is 13.2 Å². The van der Waals surface area contributed by atoms with Gasteiger partial charge in [0.25, 0.3) is 11.8 Å². The average Bonchev–Trinajstić information content (AvgIpc) is 3.36. The van der Waals surface area contributed by atoms with Gasteiger partial charge in [0, 0.05) is 35.7 Å². The summed E-state index contributed by atoms with van der Waals surface area (Å²) in [6.45, 7) is 1.72. The molecule has 1 aliphatic rings. The summed E-state index contributed by atoms with van der Waals surface area (Å²) in [5.41, 5.74) is 5.70. The van der Waals surface area contributed by atoms with Crippen LogP contribution in [-0.4, -0.2) is 66.5 Å². The maximum Gasteiger partial charge on any atom is 0.263 e. The maximum atomic E-state index is 13.4. The number of nitrogen functional groups attached to an aromatic ring is 1. The summed E-state index contributed by atoms with van der Waals surface area (Å²) in [6, 6.07) is 10.1. The number of nitrogens with zero attached hydrogens (tertiary/aromatic N) is 6. The topological polar surface area (TPSA) is 161 Å². The molecule has 35 heavy (non-hydrogen) atoms. The van der Waals surface area contributed by atoms with Crippen molar-refractivity contribution in [3.63, 3.8) is 0 Å². The number of carbonyl (C=O) groups excluding carboxylic acids is 2. The van der Waals surface area contributed by atoms with Crippen LogP contribution in [-0.2, 0) is 14.3 Å². The highest BCUT2D eigenvalue weighted by atomic mass is 16.5. The van der Waals surface area contributed by atoms with E-state index >= 15 is 0 Å². The van der Waals surface area contributed by atoms with E-state index in [1.807, 2.05) is 0 Å². The van der Waals surface area contributed by atoms with Gasteiger partial charge in [-0.2, -0.15) is 0 Å². The minimum absolute atomic E-state index is 0.112. The van der Waals surface area contributed by atoms with Crippen LogP contribution in [0.25, 0.3) is 16.6 Å². The molecule has 3 aromatic heterocycles. The van der Waals surface area contributed by atoms with Gasteiger partial charge >= 0.3 is 0 Å². The Morgan fingerprint density at radius 1 is 1.23 bits per heavy atom. The Labute approximate surface area is 199 Å². The first kappa shape index (κ1) is 22.4. The highest BCUT2D eigenvalue weighted by Crippen LogP contribution is 2.28. The number of hydrogen-bond donors (Lipinski definition) is 3. The second-order valence-electron chi connectivity index (χ2n) is 8.12. The molecule has 4 N–H and O–H groups in total. The van der Waals surface area contributed by atoms with Crippen LogP contribution >= 0.6 is 0 Å². The molecule has 12 heteroatoms. The summed E-state index contributed by atoms with van der Waals surface area (Å²) in [5, 5.41) is 18.6. The van der Waals surface area contributed by atoms with Gasteiger partial charge < -0.3 is 20.9 Å². The van der Waals surface area contributed by atoms with Gasteiger partial charge in [-0.3, -0.25) is 19.5 Å². The van der Waals surface area contributed by atoms with E-state index in [2.05, 4.69) is 25.4 Å². The second-order valence-corrected chi connectivity index (χ2v) is 8.12. The molecule has 2 amide bonds. The molecule has 12 nitrogen and oxygen atoms in total. The van der Waals surface area contributed by atoms with Crippen molar-refractivity contribution < 1.29 is 19.4 Å². The Kier molecular flexibility index (Phi) is 5.59. The van der Waals surface area contributed by atoms with Crippen LogP contribution in [0.5, 0.6) is 0 Å². The Bertz CT molecular complexity index is 1410. The SMILES string of the molecule is C[C@]1([C@@H](O)C(=O)Nc2ccc3c(N)ncnc3c2)OCCN(c2ccn(-c3ccncc3)n2)C1=O. The van der Waals surface area contributed by atoms with E-state index < -0.39 is 23.5 Å². The Balaban J connectivity index is 1.34. The molecular formula is C23H22N8O4. The number of hydrogen-bond acceptors (Lipinski definition) is 9. The summed E-state index contributed by atoms with van der Waals surface area (Å²) >= 11 is 0. The lowest BCUT2D eigenvalue weighted by Gasteiger charge is -2.40. The standard InChI is InChI=1S/C23H22N8O4/c1-23(19(32)21(33)28-14-2-3-16-17(12-14)26-13-27-20(16)24)22(34)30(10-11-35-23)18-6-9-31(29-18)15-4-7-25-8-5-15/h2-9,12-13,19,32H,10-11H2,1H3,(H,28,33)(H2,24,26,27)/t19-,23+/m0/s1. The summed E-state index contributed by atoms with van der Waals surface area (Å²) in [6.07, 6.45) is 4.52. The molecule has 1 fully saturated rings. The predicted octanol–water partition coefficient (Wildman–Crippen LogP) is 0.914. The lowest BCUT2D eigenvalue weighted by molar-refractivity contribution is -0.170. The van der Waals surface area contributed by atoms with E-state index in [9.17, 15) is 14.7 Å². The number of benzene rings is 1. The average molecular weight is 474 g/mol. The Morgan fingerprint density at radius 3 is 2.83 bits per heavy atom. The largest absolute Gasteiger partial charge is 0.383 e. The van der Waals surface area contributed by atoms with Gasteiger partial charge in [0.2, 0.25) is 0 Å². The van der Waals surface area contributed by atoms with Gasteiger partial charge in [-0.05, 0) is 37.3 Å². The molecule has 0 unspecified atom stereocenters. The van der Waals surface area contributed by atoms with Crippen LogP contribution in [0.4, 0.5) is 17.3 Å². The summed E-state index contributed by atoms with van der Waals surface area (Å²) < 4.78 is 7.25. The van der Waals surface area contributed by atoms with Gasteiger partial charge in [0.1, 0.15) is 12.1 Å². The molecule has 1 saturated heterocycles. The first-order valence-corrected chi connectivity index (χ1v) is 10.8. The van der Waals surface area contributed by atoms with Gasteiger partial charge in [0.15, 0.2) is 17.5 Å². The first-order chi connectivity index (χ1) is 16.9. The van der Waals surface area contributed by atoms with Crippen molar-refractivity contribution in [1.29, 1.82) is 0 Å². The zero-order valence-corrected chi connectivity index (χ0v) is 18.7. The number of pyridine rings is 1. The Hall–Kier alpha value is -4.42. The summed E-state index contributed by atoms with van der Waals surface area (Å²) in [7, 11) is 0. The molecule has 4 aromatic rings. The number of aromatic nitrogens is 5. The zero-order chi connectivity index (χ0) is 24.6. The minimum Gasteiger partial charge on any atom is -0.383 e. The van der Waals surface area contributed by atoms with Gasteiger partial charge in [-0.25, -0.2) is 14.6 Å². The third kappa shape index (κ3) is 4.05. The lowest BCUT2D eigenvalue weighted by Crippen LogP contribution is -2.63. The number of nitrogens with two attached hydrogens (primary N) is 1. The van der Waals surface area contributed by atoms with Crippen LogP contribution in [0.3, 0.4) is 0 Å². The molecule has 0 bridgehead atoms. The molecule has 0 radical (unpaired) electrons. The van der Waals surface area contributed by atoms with Crippen LogP contribution in [0.1, 0.15) is 6.92 Å². The van der Waals surface area contributed by atoms with E-state index in [4.69, 9.17) is 10.5 Å². The summed E-state index contributed by atoms with van der Waals surface area (Å²) in [4.78, 5) is 39.7. The van der Waals surface area contributed by atoms with Gasteiger partial charge in [-0.1, -0.05) is 0 Å². The van der Waals surface area contributed by atoms with Crippen LogP contribution < -0.4 is 16.0 Å². The Morgan fingerprint density at radius 2 is 2.03 bits per heavy atom. The van der Waals surface area contributed by atoms with E-state index in [0.717, 1.165) is 5.69 Å².